The second kappa shape index (κ2) is 4.72. The molecule has 6 N–H and O–H groups in total. The molecule has 0 aromatic heterocycles. The smallest absolute Gasteiger partial charge is 0.142 e. The number of anilines is 2. The van der Waals surface area contributed by atoms with E-state index in [1.165, 1.54) is 0 Å². The quantitative estimate of drug-likeness (QED) is 0.378. The number of phenolic OH excluding ortho intramolecular Hbond substituents is 2. The number of rotatable bonds is 2. The van der Waals surface area contributed by atoms with Crippen molar-refractivity contribution < 1.29 is 10.2 Å². The first kappa shape index (κ1) is 13.1. The van der Waals surface area contributed by atoms with Crippen LogP contribution in [0.5, 0.6) is 11.5 Å². The molecule has 4 heteroatoms. The molecule has 0 atom stereocenters. The van der Waals surface area contributed by atoms with Crippen LogP contribution in [0.15, 0.2) is 24.3 Å². The van der Waals surface area contributed by atoms with E-state index in [4.69, 9.17) is 11.5 Å². The summed E-state index contributed by atoms with van der Waals surface area (Å²) in [7, 11) is 0. The van der Waals surface area contributed by atoms with E-state index in [9.17, 15) is 10.2 Å². The summed E-state index contributed by atoms with van der Waals surface area (Å²) in [6.07, 6.45) is 0.382. The minimum absolute atomic E-state index is 0.0681. The fourth-order valence-electron chi connectivity index (χ4n) is 2.00. The Bertz CT molecular complexity index is 637. The van der Waals surface area contributed by atoms with Gasteiger partial charge in [0, 0.05) is 23.2 Å². The van der Waals surface area contributed by atoms with Gasteiger partial charge in [0.1, 0.15) is 11.5 Å². The SMILES string of the molecule is Cc1cc(O)c(Cc2ccc(C)c(N)c2O)cc1N. The number of hydrogen-bond donors (Lipinski definition) is 4. The maximum absolute atomic E-state index is 10.0. The summed E-state index contributed by atoms with van der Waals surface area (Å²) in [6.45, 7) is 3.67. The Morgan fingerprint density at radius 2 is 1.63 bits per heavy atom. The Balaban J connectivity index is 2.42. The average molecular weight is 258 g/mol. The molecule has 0 aliphatic rings. The number of benzene rings is 2. The van der Waals surface area contributed by atoms with Crippen molar-refractivity contribution in [3.8, 4) is 11.5 Å². The predicted octanol–water partition coefficient (Wildman–Crippen LogP) is 2.47. The molecule has 0 aliphatic carbocycles. The summed E-state index contributed by atoms with van der Waals surface area (Å²) < 4.78 is 0. The van der Waals surface area contributed by atoms with Crippen LogP contribution in [0.3, 0.4) is 0 Å². The number of nitrogen functional groups attached to an aromatic ring is 2. The lowest BCUT2D eigenvalue weighted by Crippen LogP contribution is -1.98. The Morgan fingerprint density at radius 3 is 2.32 bits per heavy atom. The van der Waals surface area contributed by atoms with Crippen molar-refractivity contribution in [3.63, 3.8) is 0 Å². The van der Waals surface area contributed by atoms with Gasteiger partial charge < -0.3 is 21.7 Å². The van der Waals surface area contributed by atoms with Crippen LogP contribution in [-0.4, -0.2) is 10.2 Å². The number of phenols is 2. The van der Waals surface area contributed by atoms with Gasteiger partial charge in [0.25, 0.3) is 0 Å². The molecule has 2 rings (SSSR count). The molecule has 0 saturated heterocycles. The second-order valence-electron chi connectivity index (χ2n) is 4.82. The highest BCUT2D eigenvalue weighted by atomic mass is 16.3. The van der Waals surface area contributed by atoms with Gasteiger partial charge in [-0.1, -0.05) is 12.1 Å². The number of hydrogen-bond acceptors (Lipinski definition) is 4. The predicted molar refractivity (Wildman–Crippen MR) is 77.3 cm³/mol. The van der Waals surface area contributed by atoms with Gasteiger partial charge in [-0.05, 0) is 37.1 Å². The van der Waals surface area contributed by atoms with Crippen LogP contribution in [0.2, 0.25) is 0 Å². The monoisotopic (exact) mass is 258 g/mol. The first-order valence-electron chi connectivity index (χ1n) is 6.05. The first-order valence-corrected chi connectivity index (χ1v) is 6.05. The molecule has 0 fully saturated rings. The summed E-state index contributed by atoms with van der Waals surface area (Å²) in [5.74, 6) is 0.240. The van der Waals surface area contributed by atoms with Crippen LogP contribution >= 0.6 is 0 Å². The standard InChI is InChI=1S/C15H18N2O2/c1-8-3-4-10(15(19)14(8)17)6-11-7-12(16)9(2)5-13(11)18/h3-5,7,18-19H,6,16-17H2,1-2H3. The van der Waals surface area contributed by atoms with Crippen LogP contribution in [0.25, 0.3) is 0 Å². The van der Waals surface area contributed by atoms with Crippen molar-refractivity contribution in [3.05, 3.63) is 46.5 Å². The van der Waals surface area contributed by atoms with Gasteiger partial charge in [-0.3, -0.25) is 0 Å². The normalized spacial score (nSPS) is 10.6. The van der Waals surface area contributed by atoms with E-state index in [-0.39, 0.29) is 11.5 Å². The lowest BCUT2D eigenvalue weighted by Gasteiger charge is -2.12. The molecule has 0 spiro atoms. The lowest BCUT2D eigenvalue weighted by atomic mass is 9.99. The molecule has 2 aromatic carbocycles. The van der Waals surface area contributed by atoms with Crippen molar-refractivity contribution in [2.24, 2.45) is 0 Å². The third-order valence-electron chi connectivity index (χ3n) is 3.37. The van der Waals surface area contributed by atoms with E-state index in [2.05, 4.69) is 0 Å². The first-order chi connectivity index (χ1) is 8.90. The number of aryl methyl sites for hydroxylation is 2. The fraction of sp³-hybridized carbons (Fsp3) is 0.200. The van der Waals surface area contributed by atoms with Gasteiger partial charge in [0.05, 0.1) is 5.69 Å². The molecule has 0 aliphatic heterocycles. The molecule has 0 bridgehead atoms. The highest BCUT2D eigenvalue weighted by molar-refractivity contribution is 5.62. The van der Waals surface area contributed by atoms with Gasteiger partial charge in [0.2, 0.25) is 0 Å². The molecule has 2 aromatic rings. The Labute approximate surface area is 112 Å². The van der Waals surface area contributed by atoms with E-state index in [1.807, 2.05) is 19.9 Å². The zero-order chi connectivity index (χ0) is 14.2. The van der Waals surface area contributed by atoms with Crippen molar-refractivity contribution in [1.29, 1.82) is 0 Å². The lowest BCUT2D eigenvalue weighted by molar-refractivity contribution is 0.464. The van der Waals surface area contributed by atoms with Gasteiger partial charge in [-0.2, -0.15) is 0 Å². The van der Waals surface area contributed by atoms with Crippen LogP contribution < -0.4 is 11.5 Å². The second-order valence-corrected chi connectivity index (χ2v) is 4.82. The summed E-state index contributed by atoms with van der Waals surface area (Å²) in [4.78, 5) is 0. The van der Waals surface area contributed by atoms with E-state index in [0.717, 1.165) is 11.1 Å². The zero-order valence-electron chi connectivity index (χ0n) is 11.1. The van der Waals surface area contributed by atoms with Crippen molar-refractivity contribution in [2.75, 3.05) is 11.5 Å². The van der Waals surface area contributed by atoms with E-state index in [0.29, 0.717) is 28.9 Å². The van der Waals surface area contributed by atoms with Gasteiger partial charge >= 0.3 is 0 Å². The molecule has 0 saturated carbocycles. The highest BCUT2D eigenvalue weighted by Crippen LogP contribution is 2.33. The molecule has 0 amide bonds. The van der Waals surface area contributed by atoms with Crippen molar-refractivity contribution >= 4 is 11.4 Å². The van der Waals surface area contributed by atoms with E-state index < -0.39 is 0 Å². The van der Waals surface area contributed by atoms with Crippen LogP contribution in [-0.2, 0) is 6.42 Å². The highest BCUT2D eigenvalue weighted by Gasteiger charge is 2.11. The minimum Gasteiger partial charge on any atom is -0.508 e. The molecule has 19 heavy (non-hydrogen) atoms. The average Bonchev–Trinajstić information content (AvgIpc) is 2.36. The fourth-order valence-corrected chi connectivity index (χ4v) is 2.00. The minimum atomic E-state index is 0.0681. The number of nitrogens with two attached hydrogens (primary N) is 2. The van der Waals surface area contributed by atoms with E-state index >= 15 is 0 Å². The Morgan fingerprint density at radius 1 is 0.947 bits per heavy atom. The molecule has 100 valence electrons. The van der Waals surface area contributed by atoms with E-state index in [1.54, 1.807) is 18.2 Å². The summed E-state index contributed by atoms with van der Waals surface area (Å²) in [6, 6.07) is 6.99. The van der Waals surface area contributed by atoms with Crippen LogP contribution in [0.1, 0.15) is 22.3 Å². The topological polar surface area (TPSA) is 92.5 Å². The largest absolute Gasteiger partial charge is 0.508 e. The van der Waals surface area contributed by atoms with Crippen LogP contribution in [0, 0.1) is 13.8 Å². The molecule has 0 heterocycles. The summed E-state index contributed by atoms with van der Waals surface area (Å²) in [5.41, 5.74) is 15.6. The molecule has 0 radical (unpaired) electrons. The maximum Gasteiger partial charge on any atom is 0.142 e. The third kappa shape index (κ3) is 2.42. The van der Waals surface area contributed by atoms with Gasteiger partial charge in [-0.25, -0.2) is 0 Å². The Kier molecular flexibility index (Phi) is 3.25. The van der Waals surface area contributed by atoms with Gasteiger partial charge in [0.15, 0.2) is 0 Å². The van der Waals surface area contributed by atoms with Crippen molar-refractivity contribution in [2.45, 2.75) is 20.3 Å². The third-order valence-corrected chi connectivity index (χ3v) is 3.37. The Hall–Kier alpha value is -2.36. The van der Waals surface area contributed by atoms with Crippen molar-refractivity contribution in [1.82, 2.24) is 0 Å². The number of aromatic hydroxyl groups is 2. The van der Waals surface area contributed by atoms with Crippen LogP contribution in [0.4, 0.5) is 11.4 Å². The molecule has 0 unspecified atom stereocenters. The zero-order valence-corrected chi connectivity index (χ0v) is 11.1. The molecule has 4 nitrogen and oxygen atoms in total. The summed E-state index contributed by atoms with van der Waals surface area (Å²) in [5, 5.41) is 19.9. The molecular formula is C15H18N2O2. The molecular weight excluding hydrogens is 240 g/mol. The summed E-state index contributed by atoms with van der Waals surface area (Å²) >= 11 is 0. The maximum atomic E-state index is 10.0. The van der Waals surface area contributed by atoms with Gasteiger partial charge in [-0.15, -0.1) is 0 Å².